The van der Waals surface area contributed by atoms with Crippen molar-refractivity contribution in [3.8, 4) is 22.4 Å². The molecule has 0 unspecified atom stereocenters. The van der Waals surface area contributed by atoms with Gasteiger partial charge in [0.15, 0.2) is 0 Å². The highest BCUT2D eigenvalue weighted by Gasteiger charge is 2.23. The molecule has 0 radical (unpaired) electrons. The Morgan fingerprint density at radius 2 is 1.89 bits per heavy atom. The maximum Gasteiger partial charge on any atom is 0.258 e. The van der Waals surface area contributed by atoms with Gasteiger partial charge in [-0.3, -0.25) is 4.79 Å². The Hall–Kier alpha value is -3.25. The Morgan fingerprint density at radius 1 is 1.11 bits per heavy atom. The van der Waals surface area contributed by atoms with Crippen molar-refractivity contribution in [3.63, 3.8) is 0 Å². The summed E-state index contributed by atoms with van der Waals surface area (Å²) in [6, 6.07) is 11.7. The summed E-state index contributed by atoms with van der Waals surface area (Å²) >= 11 is 0. The number of rotatable bonds is 6. The number of likely N-dealkylation sites (tertiary alicyclic amines) is 1. The SMILES string of the molecule is CCCN1CCC(c2ccc3[nH]c(-c4cc(-c5ccc(F)nc5)c(=O)n(C)c4)c(C(C)C)c3c2)CC1. The van der Waals surface area contributed by atoms with E-state index in [2.05, 4.69) is 53.8 Å². The molecule has 5 nitrogen and oxygen atoms in total. The molecule has 1 aromatic carbocycles. The number of hydrogen-bond acceptors (Lipinski definition) is 3. The van der Waals surface area contributed by atoms with E-state index >= 15 is 0 Å². The van der Waals surface area contributed by atoms with E-state index in [9.17, 15) is 9.18 Å². The van der Waals surface area contributed by atoms with Crippen molar-refractivity contribution >= 4 is 10.9 Å². The Bertz CT molecular complexity index is 1430. The van der Waals surface area contributed by atoms with Crippen LogP contribution in [0.25, 0.3) is 33.3 Å². The summed E-state index contributed by atoms with van der Waals surface area (Å²) in [6.45, 7) is 10.2. The van der Waals surface area contributed by atoms with Gasteiger partial charge in [-0.2, -0.15) is 4.39 Å². The summed E-state index contributed by atoms with van der Waals surface area (Å²) < 4.78 is 15.0. The van der Waals surface area contributed by atoms with Gasteiger partial charge >= 0.3 is 0 Å². The first-order chi connectivity index (χ1) is 17.4. The number of hydrogen-bond donors (Lipinski definition) is 1. The van der Waals surface area contributed by atoms with E-state index in [1.165, 1.54) is 67.7 Å². The second-order valence-electron chi connectivity index (χ2n) is 10.4. The van der Waals surface area contributed by atoms with E-state index in [4.69, 9.17) is 0 Å². The average Bonchev–Trinajstić information content (AvgIpc) is 3.26. The van der Waals surface area contributed by atoms with Crippen molar-refractivity contribution < 1.29 is 4.39 Å². The fraction of sp³-hybridized carbons (Fsp3) is 0.400. The maximum atomic E-state index is 13.4. The van der Waals surface area contributed by atoms with Crippen molar-refractivity contribution in [3.05, 3.63) is 76.2 Å². The molecule has 1 saturated heterocycles. The largest absolute Gasteiger partial charge is 0.354 e. The van der Waals surface area contributed by atoms with Crippen LogP contribution in [-0.4, -0.2) is 39.1 Å². The van der Waals surface area contributed by atoms with Crippen LogP contribution in [0.2, 0.25) is 0 Å². The van der Waals surface area contributed by atoms with E-state index < -0.39 is 5.95 Å². The van der Waals surface area contributed by atoms with E-state index in [0.717, 1.165) is 16.8 Å². The molecule has 0 spiro atoms. The van der Waals surface area contributed by atoms with Crippen LogP contribution in [0.3, 0.4) is 0 Å². The van der Waals surface area contributed by atoms with Crippen LogP contribution in [0, 0.1) is 5.95 Å². The molecule has 0 bridgehead atoms. The topological polar surface area (TPSA) is 53.9 Å². The van der Waals surface area contributed by atoms with Gasteiger partial charge in [-0.1, -0.05) is 26.8 Å². The van der Waals surface area contributed by atoms with Gasteiger partial charge < -0.3 is 14.5 Å². The van der Waals surface area contributed by atoms with Gasteiger partial charge in [-0.25, -0.2) is 4.98 Å². The molecule has 36 heavy (non-hydrogen) atoms. The molecule has 3 aromatic heterocycles. The van der Waals surface area contributed by atoms with Crippen LogP contribution in [-0.2, 0) is 7.05 Å². The zero-order valence-corrected chi connectivity index (χ0v) is 21.6. The molecule has 5 rings (SSSR count). The lowest BCUT2D eigenvalue weighted by atomic mass is 9.87. The van der Waals surface area contributed by atoms with Gasteiger partial charge in [-0.15, -0.1) is 0 Å². The fourth-order valence-corrected chi connectivity index (χ4v) is 5.71. The highest BCUT2D eigenvalue weighted by atomic mass is 19.1. The summed E-state index contributed by atoms with van der Waals surface area (Å²) in [5.41, 5.74) is 6.74. The smallest absolute Gasteiger partial charge is 0.258 e. The molecule has 0 aliphatic carbocycles. The van der Waals surface area contributed by atoms with Gasteiger partial charge in [0.05, 0.1) is 5.69 Å². The number of halogens is 1. The van der Waals surface area contributed by atoms with Crippen molar-refractivity contribution in [1.82, 2.24) is 19.4 Å². The fourth-order valence-electron chi connectivity index (χ4n) is 5.71. The lowest BCUT2D eigenvalue weighted by Gasteiger charge is -2.32. The number of piperidine rings is 1. The van der Waals surface area contributed by atoms with Crippen LogP contribution in [0.5, 0.6) is 0 Å². The summed E-state index contributed by atoms with van der Waals surface area (Å²) in [5.74, 6) is 0.329. The van der Waals surface area contributed by atoms with Gasteiger partial charge in [0.2, 0.25) is 5.95 Å². The predicted octanol–water partition coefficient (Wildman–Crippen LogP) is 6.45. The predicted molar refractivity (Wildman–Crippen MR) is 145 cm³/mol. The molecule has 1 N–H and O–H groups in total. The van der Waals surface area contributed by atoms with Gasteiger partial charge in [0.1, 0.15) is 0 Å². The van der Waals surface area contributed by atoms with Crippen molar-refractivity contribution in [2.24, 2.45) is 7.05 Å². The standard InChI is InChI=1S/C30H35FN4O/c1-5-12-35-13-10-20(11-14-35)21-6-8-26-25(15-21)28(19(2)3)29(33-26)23-16-24(30(36)34(4)18-23)22-7-9-27(31)32-17-22/h6-9,15-20,33H,5,10-14H2,1-4H3. The number of nitrogens with zero attached hydrogens (tertiary/aromatic N) is 3. The van der Waals surface area contributed by atoms with E-state index in [-0.39, 0.29) is 5.56 Å². The minimum Gasteiger partial charge on any atom is -0.354 e. The number of H-pyrrole nitrogens is 1. The van der Waals surface area contributed by atoms with Crippen LogP contribution in [0.4, 0.5) is 4.39 Å². The number of aryl methyl sites for hydroxylation is 1. The van der Waals surface area contributed by atoms with E-state index in [0.29, 0.717) is 23.0 Å². The third-order valence-electron chi connectivity index (χ3n) is 7.55. The average molecular weight is 487 g/mol. The Balaban J connectivity index is 1.57. The number of benzene rings is 1. The third kappa shape index (κ3) is 4.62. The number of aromatic nitrogens is 3. The molecule has 1 fully saturated rings. The Kier molecular flexibility index (Phi) is 6.80. The normalized spacial score (nSPS) is 15.3. The molecule has 4 aromatic rings. The lowest BCUT2D eigenvalue weighted by molar-refractivity contribution is 0.213. The number of aromatic amines is 1. The first kappa shape index (κ1) is 24.4. The van der Waals surface area contributed by atoms with Crippen LogP contribution < -0.4 is 5.56 Å². The molecule has 4 heterocycles. The van der Waals surface area contributed by atoms with Crippen LogP contribution in [0.15, 0.2) is 53.6 Å². The summed E-state index contributed by atoms with van der Waals surface area (Å²) in [4.78, 5) is 22.9. The molecule has 0 atom stereocenters. The Labute approximate surface area is 212 Å². The summed E-state index contributed by atoms with van der Waals surface area (Å²) in [5, 5.41) is 1.26. The first-order valence-corrected chi connectivity index (χ1v) is 13.1. The number of nitrogens with one attached hydrogen (secondary N) is 1. The number of pyridine rings is 2. The zero-order valence-electron chi connectivity index (χ0n) is 21.6. The quantitative estimate of drug-likeness (QED) is 0.319. The minimum absolute atomic E-state index is 0.133. The molecule has 0 amide bonds. The maximum absolute atomic E-state index is 13.4. The van der Waals surface area contributed by atoms with Gasteiger partial charge in [0, 0.05) is 47.0 Å². The zero-order chi connectivity index (χ0) is 25.4. The van der Waals surface area contributed by atoms with E-state index in [1.54, 1.807) is 17.7 Å². The van der Waals surface area contributed by atoms with Crippen molar-refractivity contribution in [2.45, 2.75) is 51.9 Å². The van der Waals surface area contributed by atoms with Crippen LogP contribution in [0.1, 0.15) is 63.0 Å². The van der Waals surface area contributed by atoms with E-state index in [1.807, 2.05) is 12.3 Å². The molecular formula is C30H35FN4O. The highest BCUT2D eigenvalue weighted by molar-refractivity contribution is 5.92. The van der Waals surface area contributed by atoms with Crippen molar-refractivity contribution in [1.29, 1.82) is 0 Å². The summed E-state index contributed by atoms with van der Waals surface area (Å²) in [6.07, 6.45) is 6.92. The first-order valence-electron chi connectivity index (χ1n) is 13.1. The highest BCUT2D eigenvalue weighted by Crippen LogP contribution is 2.38. The monoisotopic (exact) mass is 486 g/mol. The lowest BCUT2D eigenvalue weighted by Crippen LogP contribution is -2.33. The number of fused-ring (bicyclic) bond motifs is 1. The molecular weight excluding hydrogens is 451 g/mol. The second-order valence-corrected chi connectivity index (χ2v) is 10.4. The molecule has 6 heteroatoms. The molecule has 188 valence electrons. The molecule has 0 saturated carbocycles. The molecule has 1 aliphatic heterocycles. The second kappa shape index (κ2) is 10.0. The molecule has 1 aliphatic rings. The van der Waals surface area contributed by atoms with Gasteiger partial charge in [0.25, 0.3) is 5.56 Å². The van der Waals surface area contributed by atoms with Crippen molar-refractivity contribution in [2.75, 3.05) is 19.6 Å². The Morgan fingerprint density at radius 3 is 2.56 bits per heavy atom. The summed E-state index contributed by atoms with van der Waals surface area (Å²) in [7, 11) is 1.76. The third-order valence-corrected chi connectivity index (χ3v) is 7.55. The van der Waals surface area contributed by atoms with Gasteiger partial charge in [-0.05, 0) is 92.2 Å². The minimum atomic E-state index is -0.559. The van der Waals surface area contributed by atoms with Crippen LogP contribution >= 0.6 is 0 Å².